The maximum absolute atomic E-state index is 13.1. The summed E-state index contributed by atoms with van der Waals surface area (Å²) in [7, 11) is 0. The van der Waals surface area contributed by atoms with Gasteiger partial charge in [-0.1, -0.05) is 11.6 Å². The lowest BCUT2D eigenvalue weighted by Crippen LogP contribution is -1.81. The molecule has 2 aromatic carbocycles. The Morgan fingerprint density at radius 3 is 2.83 bits per heavy atom. The second-order valence-corrected chi connectivity index (χ2v) is 4.34. The maximum atomic E-state index is 13.1. The molecule has 0 aliphatic heterocycles. The molecule has 1 aromatic heterocycles. The van der Waals surface area contributed by atoms with Gasteiger partial charge < -0.3 is 10.1 Å². The van der Waals surface area contributed by atoms with E-state index in [4.69, 9.17) is 11.6 Å². The van der Waals surface area contributed by atoms with Crippen molar-refractivity contribution in [1.29, 1.82) is 0 Å². The normalized spacial score (nSPS) is 11.0. The highest BCUT2D eigenvalue weighted by Gasteiger charge is 2.10. The SMILES string of the molecule is Oc1ccc(Cl)cc1-c1nc2ccc(F)cc2[nH]1. The fourth-order valence-corrected chi connectivity index (χ4v) is 1.98. The third kappa shape index (κ3) is 1.80. The van der Waals surface area contributed by atoms with Gasteiger partial charge in [0.1, 0.15) is 17.4 Å². The van der Waals surface area contributed by atoms with E-state index in [1.807, 2.05) is 0 Å². The lowest BCUT2D eigenvalue weighted by Gasteiger charge is -2.00. The molecule has 0 fully saturated rings. The maximum Gasteiger partial charge on any atom is 0.142 e. The first-order valence-electron chi connectivity index (χ1n) is 5.27. The molecule has 0 aliphatic carbocycles. The molecule has 0 spiro atoms. The summed E-state index contributed by atoms with van der Waals surface area (Å²) in [6, 6.07) is 8.95. The summed E-state index contributed by atoms with van der Waals surface area (Å²) in [6.07, 6.45) is 0. The second kappa shape index (κ2) is 3.99. The topological polar surface area (TPSA) is 48.9 Å². The van der Waals surface area contributed by atoms with Gasteiger partial charge in [0.05, 0.1) is 16.6 Å². The van der Waals surface area contributed by atoms with E-state index in [1.165, 1.54) is 18.2 Å². The second-order valence-electron chi connectivity index (χ2n) is 3.91. The molecule has 90 valence electrons. The summed E-state index contributed by atoms with van der Waals surface area (Å²) in [5.74, 6) is 0.183. The van der Waals surface area contributed by atoms with Crippen LogP contribution in [0.25, 0.3) is 22.4 Å². The first-order valence-corrected chi connectivity index (χ1v) is 5.65. The van der Waals surface area contributed by atoms with E-state index in [1.54, 1.807) is 18.2 Å². The van der Waals surface area contributed by atoms with Crippen LogP contribution in [0.4, 0.5) is 4.39 Å². The van der Waals surface area contributed by atoms with Crippen molar-refractivity contribution in [1.82, 2.24) is 9.97 Å². The first-order chi connectivity index (χ1) is 8.63. The molecule has 0 atom stereocenters. The summed E-state index contributed by atoms with van der Waals surface area (Å²) in [5.41, 5.74) is 1.69. The molecule has 5 heteroatoms. The number of phenolic OH excluding ortho intramolecular Hbond substituents is 1. The predicted octanol–water partition coefficient (Wildman–Crippen LogP) is 3.73. The zero-order chi connectivity index (χ0) is 12.7. The van der Waals surface area contributed by atoms with Gasteiger partial charge >= 0.3 is 0 Å². The minimum atomic E-state index is -0.340. The number of nitrogens with zero attached hydrogens (tertiary/aromatic N) is 1. The van der Waals surface area contributed by atoms with Crippen LogP contribution in [0.2, 0.25) is 5.02 Å². The molecule has 0 saturated carbocycles. The lowest BCUT2D eigenvalue weighted by atomic mass is 10.2. The number of halogens is 2. The average molecular weight is 263 g/mol. The van der Waals surface area contributed by atoms with Gasteiger partial charge in [-0.3, -0.25) is 0 Å². The van der Waals surface area contributed by atoms with E-state index < -0.39 is 0 Å². The Morgan fingerprint density at radius 2 is 2.00 bits per heavy atom. The van der Waals surface area contributed by atoms with Crippen LogP contribution < -0.4 is 0 Å². The number of aromatic hydroxyl groups is 1. The van der Waals surface area contributed by atoms with Gasteiger partial charge in [-0.05, 0) is 36.4 Å². The Labute approximate surface area is 107 Å². The summed E-state index contributed by atoms with van der Waals surface area (Å²) < 4.78 is 13.1. The van der Waals surface area contributed by atoms with Crippen molar-refractivity contribution in [3.63, 3.8) is 0 Å². The Balaban J connectivity index is 2.22. The Morgan fingerprint density at radius 1 is 1.17 bits per heavy atom. The van der Waals surface area contributed by atoms with Crippen LogP contribution >= 0.6 is 11.6 Å². The predicted molar refractivity (Wildman–Crippen MR) is 68.2 cm³/mol. The number of rotatable bonds is 1. The molecule has 1 heterocycles. The minimum Gasteiger partial charge on any atom is -0.507 e. The average Bonchev–Trinajstić information content (AvgIpc) is 2.74. The third-order valence-corrected chi connectivity index (χ3v) is 2.89. The molecule has 3 nitrogen and oxygen atoms in total. The van der Waals surface area contributed by atoms with Crippen LogP contribution in [-0.2, 0) is 0 Å². The third-order valence-electron chi connectivity index (χ3n) is 2.66. The number of aromatic nitrogens is 2. The number of imidazole rings is 1. The van der Waals surface area contributed by atoms with Crippen LogP contribution in [0, 0.1) is 5.82 Å². The lowest BCUT2D eigenvalue weighted by molar-refractivity contribution is 0.477. The van der Waals surface area contributed by atoms with Gasteiger partial charge in [-0.2, -0.15) is 0 Å². The zero-order valence-corrected chi connectivity index (χ0v) is 9.87. The molecule has 0 amide bonds. The van der Waals surface area contributed by atoms with Crippen molar-refractivity contribution in [2.24, 2.45) is 0 Å². The van der Waals surface area contributed by atoms with Crippen molar-refractivity contribution >= 4 is 22.6 Å². The van der Waals surface area contributed by atoms with Crippen molar-refractivity contribution in [2.75, 3.05) is 0 Å². The fraction of sp³-hybridized carbons (Fsp3) is 0. The van der Waals surface area contributed by atoms with E-state index in [2.05, 4.69) is 9.97 Å². The number of phenols is 1. The van der Waals surface area contributed by atoms with Crippen molar-refractivity contribution in [2.45, 2.75) is 0 Å². The molecule has 3 aromatic rings. The van der Waals surface area contributed by atoms with Gasteiger partial charge in [0.15, 0.2) is 0 Å². The molecular weight excluding hydrogens is 255 g/mol. The van der Waals surface area contributed by atoms with E-state index in [0.717, 1.165) is 0 Å². The van der Waals surface area contributed by atoms with Gasteiger partial charge in [-0.25, -0.2) is 9.37 Å². The molecule has 0 saturated heterocycles. The van der Waals surface area contributed by atoms with Crippen molar-refractivity contribution in [3.8, 4) is 17.1 Å². The standard InChI is InChI=1S/C13H8ClFN2O/c14-7-1-4-12(18)9(5-7)13-16-10-3-2-8(15)6-11(10)17-13/h1-6,18H,(H,16,17). The van der Waals surface area contributed by atoms with Crippen LogP contribution in [-0.4, -0.2) is 15.1 Å². The van der Waals surface area contributed by atoms with Crippen LogP contribution in [0.15, 0.2) is 36.4 Å². The molecule has 18 heavy (non-hydrogen) atoms. The molecule has 0 radical (unpaired) electrons. The molecule has 3 rings (SSSR count). The fourth-order valence-electron chi connectivity index (χ4n) is 1.81. The monoisotopic (exact) mass is 262 g/mol. The number of H-pyrrole nitrogens is 1. The van der Waals surface area contributed by atoms with Crippen molar-refractivity contribution in [3.05, 3.63) is 47.2 Å². The highest BCUT2D eigenvalue weighted by molar-refractivity contribution is 6.30. The summed E-state index contributed by atoms with van der Waals surface area (Å²) in [5, 5.41) is 10.3. The number of hydrogen-bond donors (Lipinski definition) is 2. The van der Waals surface area contributed by atoms with Gasteiger partial charge in [0.25, 0.3) is 0 Å². The van der Waals surface area contributed by atoms with E-state index >= 15 is 0 Å². The van der Waals surface area contributed by atoms with Gasteiger partial charge in [0, 0.05) is 5.02 Å². The van der Waals surface area contributed by atoms with E-state index in [0.29, 0.717) is 27.4 Å². The van der Waals surface area contributed by atoms with Crippen LogP contribution in [0.5, 0.6) is 5.75 Å². The van der Waals surface area contributed by atoms with Gasteiger partial charge in [0.2, 0.25) is 0 Å². The minimum absolute atomic E-state index is 0.0685. The molecule has 0 unspecified atom stereocenters. The highest BCUT2D eigenvalue weighted by Crippen LogP contribution is 2.31. The molecule has 0 bridgehead atoms. The van der Waals surface area contributed by atoms with E-state index in [-0.39, 0.29) is 11.6 Å². The number of aromatic amines is 1. The first kappa shape index (κ1) is 11.0. The van der Waals surface area contributed by atoms with Gasteiger partial charge in [-0.15, -0.1) is 0 Å². The van der Waals surface area contributed by atoms with E-state index in [9.17, 15) is 9.50 Å². The quantitative estimate of drug-likeness (QED) is 0.702. The largest absolute Gasteiger partial charge is 0.507 e. The smallest absolute Gasteiger partial charge is 0.142 e. The molecular formula is C13H8ClFN2O. The number of benzene rings is 2. The molecule has 2 N–H and O–H groups in total. The highest BCUT2D eigenvalue weighted by atomic mass is 35.5. The van der Waals surface area contributed by atoms with Crippen LogP contribution in [0.1, 0.15) is 0 Å². The summed E-state index contributed by atoms with van der Waals surface area (Å²) in [4.78, 5) is 7.24. The Hall–Kier alpha value is -2.07. The Bertz CT molecular complexity index is 739. The number of hydrogen-bond acceptors (Lipinski definition) is 2. The summed E-state index contributed by atoms with van der Waals surface area (Å²) in [6.45, 7) is 0. The number of nitrogens with one attached hydrogen (secondary N) is 1. The number of fused-ring (bicyclic) bond motifs is 1. The zero-order valence-electron chi connectivity index (χ0n) is 9.11. The summed E-state index contributed by atoms with van der Waals surface area (Å²) >= 11 is 5.88. The Kier molecular flexibility index (Phi) is 2.45. The molecule has 0 aliphatic rings. The van der Waals surface area contributed by atoms with Crippen molar-refractivity contribution < 1.29 is 9.50 Å². The van der Waals surface area contributed by atoms with Crippen LogP contribution in [0.3, 0.4) is 0 Å².